The molecule has 0 saturated heterocycles. The zero-order chi connectivity index (χ0) is 13.3. The fourth-order valence-electron chi connectivity index (χ4n) is 1.24. The van der Waals surface area contributed by atoms with Crippen molar-refractivity contribution in [2.24, 2.45) is 5.73 Å². The van der Waals surface area contributed by atoms with Crippen LogP contribution in [0.3, 0.4) is 0 Å². The zero-order valence-electron chi connectivity index (χ0n) is 10.1. The molecule has 0 spiro atoms. The van der Waals surface area contributed by atoms with Crippen molar-refractivity contribution >= 4 is 26.0 Å². The summed E-state index contributed by atoms with van der Waals surface area (Å²) in [5.74, 6) is 0. The van der Waals surface area contributed by atoms with E-state index in [0.717, 1.165) is 4.47 Å². The first-order chi connectivity index (χ1) is 7.63. The van der Waals surface area contributed by atoms with Gasteiger partial charge in [0.15, 0.2) is 0 Å². The largest absolute Gasteiger partial charge is 0.324 e. The van der Waals surface area contributed by atoms with E-state index in [-0.39, 0.29) is 11.4 Å². The summed E-state index contributed by atoms with van der Waals surface area (Å²) in [4.78, 5) is 0.274. The van der Waals surface area contributed by atoms with E-state index in [1.165, 1.54) is 0 Å². The lowest BCUT2D eigenvalue weighted by Crippen LogP contribution is -2.45. The summed E-state index contributed by atoms with van der Waals surface area (Å²) in [7, 11) is -3.51. The van der Waals surface area contributed by atoms with Crippen LogP contribution in [0.15, 0.2) is 27.6 Å². The first-order valence-corrected chi connectivity index (χ1v) is 7.45. The number of halogens is 1. The molecule has 0 bridgehead atoms. The summed E-state index contributed by atoms with van der Waals surface area (Å²) in [6, 6.07) is 5.08. The molecule has 4 nitrogen and oxygen atoms in total. The molecule has 0 aromatic heterocycles. The van der Waals surface area contributed by atoms with Gasteiger partial charge in [-0.3, -0.25) is 0 Å². The van der Waals surface area contributed by atoms with Gasteiger partial charge < -0.3 is 5.73 Å². The molecule has 96 valence electrons. The number of hydrogen-bond donors (Lipinski definition) is 2. The molecule has 0 fully saturated rings. The highest BCUT2D eigenvalue weighted by atomic mass is 79.9. The number of rotatable bonds is 4. The molecule has 1 rings (SSSR count). The summed E-state index contributed by atoms with van der Waals surface area (Å²) >= 11 is 3.31. The van der Waals surface area contributed by atoms with Crippen LogP contribution in [0, 0.1) is 6.92 Å². The van der Waals surface area contributed by atoms with Crippen LogP contribution in [0.4, 0.5) is 0 Å². The quantitative estimate of drug-likeness (QED) is 0.888. The molecule has 0 atom stereocenters. The van der Waals surface area contributed by atoms with Gasteiger partial charge in [-0.25, -0.2) is 13.1 Å². The summed E-state index contributed by atoms with van der Waals surface area (Å²) in [5.41, 5.74) is 5.87. The number of nitrogens with one attached hydrogen (secondary N) is 1. The standard InChI is InChI=1S/C11H17BrN2O2S/c1-8-9(12)5-4-6-10(8)17(15,16)14-7-11(2,3)13/h4-6,14H,7,13H2,1-3H3. The van der Waals surface area contributed by atoms with E-state index < -0.39 is 15.6 Å². The van der Waals surface area contributed by atoms with Gasteiger partial charge in [0.05, 0.1) is 4.90 Å². The lowest BCUT2D eigenvalue weighted by atomic mass is 10.1. The van der Waals surface area contributed by atoms with Gasteiger partial charge in [0.2, 0.25) is 10.0 Å². The maximum absolute atomic E-state index is 12.1. The zero-order valence-corrected chi connectivity index (χ0v) is 12.5. The Hall–Kier alpha value is -0.430. The van der Waals surface area contributed by atoms with Crippen LogP contribution in [0.25, 0.3) is 0 Å². The predicted molar refractivity (Wildman–Crippen MR) is 72.3 cm³/mol. The Kier molecular flexibility index (Phi) is 4.35. The van der Waals surface area contributed by atoms with Crippen LogP contribution in [-0.4, -0.2) is 20.5 Å². The molecule has 0 aliphatic heterocycles. The summed E-state index contributed by atoms with van der Waals surface area (Å²) < 4.78 is 27.4. The van der Waals surface area contributed by atoms with E-state index >= 15 is 0 Å². The smallest absolute Gasteiger partial charge is 0.240 e. The third kappa shape index (κ3) is 4.06. The SMILES string of the molecule is Cc1c(Br)cccc1S(=O)(=O)NCC(C)(C)N. The van der Waals surface area contributed by atoms with E-state index in [4.69, 9.17) is 5.73 Å². The highest BCUT2D eigenvalue weighted by Gasteiger charge is 2.20. The maximum Gasteiger partial charge on any atom is 0.240 e. The Morgan fingerprint density at radius 3 is 2.53 bits per heavy atom. The maximum atomic E-state index is 12.1. The molecule has 0 heterocycles. The first-order valence-electron chi connectivity index (χ1n) is 5.17. The number of nitrogens with two attached hydrogens (primary N) is 1. The second kappa shape index (κ2) is 5.06. The third-order valence-corrected chi connectivity index (χ3v) is 4.63. The molecule has 17 heavy (non-hydrogen) atoms. The molecule has 0 aliphatic carbocycles. The molecular weight excluding hydrogens is 304 g/mol. The highest BCUT2D eigenvalue weighted by molar-refractivity contribution is 9.10. The minimum atomic E-state index is -3.51. The monoisotopic (exact) mass is 320 g/mol. The minimum Gasteiger partial charge on any atom is -0.324 e. The molecule has 0 amide bonds. The Balaban J connectivity index is 3.02. The fourth-order valence-corrected chi connectivity index (χ4v) is 3.22. The minimum absolute atomic E-state index is 0.196. The first kappa shape index (κ1) is 14.6. The van der Waals surface area contributed by atoms with Crippen LogP contribution in [-0.2, 0) is 10.0 Å². The highest BCUT2D eigenvalue weighted by Crippen LogP contribution is 2.23. The third-order valence-electron chi connectivity index (χ3n) is 2.23. The van der Waals surface area contributed by atoms with Gasteiger partial charge in [-0.1, -0.05) is 22.0 Å². The van der Waals surface area contributed by atoms with Crippen LogP contribution >= 0.6 is 15.9 Å². The van der Waals surface area contributed by atoms with E-state index in [2.05, 4.69) is 20.7 Å². The Morgan fingerprint density at radius 2 is 2.00 bits per heavy atom. The molecule has 0 unspecified atom stereocenters. The van der Waals surface area contributed by atoms with Gasteiger partial charge in [-0.15, -0.1) is 0 Å². The Bertz CT molecular complexity index is 507. The van der Waals surface area contributed by atoms with Crippen molar-refractivity contribution in [3.8, 4) is 0 Å². The number of benzene rings is 1. The molecule has 6 heteroatoms. The second-order valence-electron chi connectivity index (χ2n) is 4.68. The van der Waals surface area contributed by atoms with Gasteiger partial charge in [0.1, 0.15) is 0 Å². The van der Waals surface area contributed by atoms with E-state index in [0.29, 0.717) is 5.56 Å². The van der Waals surface area contributed by atoms with E-state index in [1.807, 2.05) is 0 Å². The average Bonchev–Trinajstić information content (AvgIpc) is 2.18. The van der Waals surface area contributed by atoms with Gasteiger partial charge in [-0.2, -0.15) is 0 Å². The molecule has 1 aromatic carbocycles. The average molecular weight is 321 g/mol. The van der Waals surface area contributed by atoms with Gasteiger partial charge in [0.25, 0.3) is 0 Å². The topological polar surface area (TPSA) is 72.2 Å². The lowest BCUT2D eigenvalue weighted by Gasteiger charge is -2.19. The lowest BCUT2D eigenvalue weighted by molar-refractivity contribution is 0.497. The number of hydrogen-bond acceptors (Lipinski definition) is 3. The predicted octanol–water partition coefficient (Wildman–Crippen LogP) is 1.77. The number of sulfonamides is 1. The van der Waals surface area contributed by atoms with E-state index in [9.17, 15) is 8.42 Å². The summed E-state index contributed by atoms with van der Waals surface area (Å²) in [5, 5.41) is 0. The van der Waals surface area contributed by atoms with Crippen molar-refractivity contribution in [3.05, 3.63) is 28.2 Å². The van der Waals surface area contributed by atoms with Crippen LogP contribution in [0.1, 0.15) is 19.4 Å². The summed E-state index contributed by atoms with van der Waals surface area (Å²) in [6.45, 7) is 5.49. The Labute approximate surface area is 111 Å². The van der Waals surface area contributed by atoms with Crippen molar-refractivity contribution in [1.29, 1.82) is 0 Å². The van der Waals surface area contributed by atoms with E-state index in [1.54, 1.807) is 39.0 Å². The van der Waals surface area contributed by atoms with Crippen molar-refractivity contribution in [2.45, 2.75) is 31.2 Å². The van der Waals surface area contributed by atoms with Crippen molar-refractivity contribution in [1.82, 2.24) is 4.72 Å². The van der Waals surface area contributed by atoms with Crippen molar-refractivity contribution in [2.75, 3.05) is 6.54 Å². The molecule has 0 saturated carbocycles. The second-order valence-corrected chi connectivity index (χ2v) is 7.27. The molecule has 0 radical (unpaired) electrons. The van der Waals surface area contributed by atoms with Crippen molar-refractivity contribution in [3.63, 3.8) is 0 Å². The molecule has 0 aliphatic rings. The molecule has 3 N–H and O–H groups in total. The molecular formula is C11H17BrN2O2S. The van der Waals surface area contributed by atoms with Gasteiger partial charge >= 0.3 is 0 Å². The van der Waals surface area contributed by atoms with Gasteiger partial charge in [0, 0.05) is 16.6 Å². The van der Waals surface area contributed by atoms with Crippen LogP contribution in [0.2, 0.25) is 0 Å². The fraction of sp³-hybridized carbons (Fsp3) is 0.455. The Morgan fingerprint density at radius 1 is 1.41 bits per heavy atom. The van der Waals surface area contributed by atoms with Crippen molar-refractivity contribution < 1.29 is 8.42 Å². The van der Waals surface area contributed by atoms with Crippen LogP contribution in [0.5, 0.6) is 0 Å². The molecule has 1 aromatic rings. The summed E-state index contributed by atoms with van der Waals surface area (Å²) in [6.07, 6.45) is 0. The van der Waals surface area contributed by atoms with Gasteiger partial charge in [-0.05, 0) is 38.5 Å². The van der Waals surface area contributed by atoms with Crippen LogP contribution < -0.4 is 10.5 Å². The normalized spacial score (nSPS) is 12.8.